The zero-order valence-electron chi connectivity index (χ0n) is 19.1. The molecule has 0 saturated heterocycles. The second-order valence-electron chi connectivity index (χ2n) is 7.79. The monoisotopic (exact) mass is 463 g/mol. The molecule has 170 valence electrons. The molecule has 0 fully saturated rings. The molecule has 0 spiro atoms. The third kappa shape index (κ3) is 4.45. The topological polar surface area (TPSA) is 98.1 Å². The first-order chi connectivity index (χ1) is 15.8. The number of nitrogens with zero attached hydrogens (tertiary/aromatic N) is 3. The van der Waals surface area contributed by atoms with E-state index in [4.69, 9.17) is 9.72 Å². The van der Waals surface area contributed by atoms with Crippen LogP contribution in [0.25, 0.3) is 22.4 Å². The smallest absolute Gasteiger partial charge is 0.251 e. The van der Waals surface area contributed by atoms with Crippen LogP contribution >= 0.6 is 11.3 Å². The van der Waals surface area contributed by atoms with E-state index in [1.165, 1.54) is 18.3 Å². The lowest BCUT2D eigenvalue weighted by Gasteiger charge is -2.13. The number of para-hydroxylation sites is 1. The maximum absolute atomic E-state index is 13.1. The Balaban J connectivity index is 1.79. The predicted molar refractivity (Wildman–Crippen MR) is 130 cm³/mol. The van der Waals surface area contributed by atoms with Crippen molar-refractivity contribution in [2.75, 3.05) is 12.4 Å². The highest BCUT2D eigenvalue weighted by Gasteiger charge is 2.21. The minimum Gasteiger partial charge on any atom is -0.496 e. The van der Waals surface area contributed by atoms with E-state index < -0.39 is 0 Å². The number of anilines is 1. The van der Waals surface area contributed by atoms with Crippen molar-refractivity contribution in [3.8, 4) is 17.1 Å². The number of hydrogen-bond acceptors (Lipinski definition) is 6. The first-order valence-electron chi connectivity index (χ1n) is 10.4. The molecule has 2 aromatic carbocycles. The third-order valence-corrected chi connectivity index (χ3v) is 6.39. The number of nitrogens with one attached hydrogen (secondary N) is 2. The van der Waals surface area contributed by atoms with Crippen molar-refractivity contribution in [2.24, 2.45) is 7.05 Å². The Morgan fingerprint density at radius 2 is 1.94 bits per heavy atom. The van der Waals surface area contributed by atoms with Gasteiger partial charge in [0.1, 0.15) is 16.6 Å². The Hall–Kier alpha value is -3.72. The van der Waals surface area contributed by atoms with Crippen molar-refractivity contribution in [1.82, 2.24) is 19.9 Å². The Labute approximate surface area is 195 Å². The summed E-state index contributed by atoms with van der Waals surface area (Å²) in [4.78, 5) is 34.2. The summed E-state index contributed by atoms with van der Waals surface area (Å²) in [6.07, 6.45) is 0. The minimum absolute atomic E-state index is 0.236. The van der Waals surface area contributed by atoms with Gasteiger partial charge in [-0.05, 0) is 38.1 Å². The van der Waals surface area contributed by atoms with Crippen LogP contribution in [0.15, 0.2) is 41.8 Å². The lowest BCUT2D eigenvalue weighted by atomic mass is 10.1. The van der Waals surface area contributed by atoms with E-state index in [1.807, 2.05) is 55.1 Å². The third-order valence-electron chi connectivity index (χ3n) is 5.24. The van der Waals surface area contributed by atoms with Crippen LogP contribution in [0.5, 0.6) is 5.75 Å². The maximum atomic E-state index is 13.1. The number of aromatic nitrogens is 3. The maximum Gasteiger partial charge on any atom is 0.251 e. The normalized spacial score (nSPS) is 11.9. The zero-order valence-corrected chi connectivity index (χ0v) is 19.9. The quantitative estimate of drug-likeness (QED) is 0.440. The number of carbonyl (C=O) groups excluding carboxylic acids is 2. The van der Waals surface area contributed by atoms with Crippen molar-refractivity contribution in [3.63, 3.8) is 0 Å². The highest BCUT2D eigenvalue weighted by Crippen LogP contribution is 2.34. The molecule has 0 radical (unpaired) electrons. The fourth-order valence-corrected chi connectivity index (χ4v) is 4.55. The van der Waals surface area contributed by atoms with Gasteiger partial charge in [-0.1, -0.05) is 12.1 Å². The lowest BCUT2D eigenvalue weighted by Crippen LogP contribution is -2.26. The number of aryl methyl sites for hydroxylation is 2. The van der Waals surface area contributed by atoms with Crippen molar-refractivity contribution in [3.05, 3.63) is 58.0 Å². The lowest BCUT2D eigenvalue weighted by molar-refractivity contribution is -0.114. The molecule has 2 aromatic heterocycles. The van der Waals surface area contributed by atoms with Gasteiger partial charge < -0.3 is 19.9 Å². The van der Waals surface area contributed by atoms with Crippen LogP contribution in [0, 0.1) is 6.92 Å². The second-order valence-corrected chi connectivity index (χ2v) is 8.68. The van der Waals surface area contributed by atoms with Gasteiger partial charge in [-0.15, -0.1) is 11.3 Å². The average molecular weight is 464 g/mol. The largest absolute Gasteiger partial charge is 0.496 e. The summed E-state index contributed by atoms with van der Waals surface area (Å²) in [7, 11) is 3.48. The SMILES string of the molecule is COc1ccccc1-c1nc2cc(C(=O)N[C@H](C)c3nc(C)cs3)cc(NC(C)=O)c2n1C. The predicted octanol–water partition coefficient (Wildman–Crippen LogP) is 4.46. The van der Waals surface area contributed by atoms with E-state index in [2.05, 4.69) is 15.6 Å². The van der Waals surface area contributed by atoms with Crippen molar-refractivity contribution in [1.29, 1.82) is 0 Å². The van der Waals surface area contributed by atoms with Gasteiger partial charge in [-0.2, -0.15) is 0 Å². The molecule has 0 bridgehead atoms. The number of amides is 2. The van der Waals surface area contributed by atoms with Gasteiger partial charge in [0, 0.05) is 30.6 Å². The Bertz CT molecular complexity index is 1360. The van der Waals surface area contributed by atoms with E-state index in [0.717, 1.165) is 16.3 Å². The molecule has 0 aliphatic heterocycles. The van der Waals surface area contributed by atoms with Crippen LogP contribution in [0.1, 0.15) is 40.9 Å². The summed E-state index contributed by atoms with van der Waals surface area (Å²) >= 11 is 1.50. The van der Waals surface area contributed by atoms with E-state index in [0.29, 0.717) is 33.9 Å². The first kappa shape index (κ1) is 22.5. The highest BCUT2D eigenvalue weighted by molar-refractivity contribution is 7.09. The number of imidazole rings is 1. The molecule has 4 rings (SSSR count). The van der Waals surface area contributed by atoms with E-state index in [1.54, 1.807) is 19.2 Å². The summed E-state index contributed by atoms with van der Waals surface area (Å²) in [6, 6.07) is 10.7. The highest BCUT2D eigenvalue weighted by atomic mass is 32.1. The summed E-state index contributed by atoms with van der Waals surface area (Å²) in [5.74, 6) is 0.842. The standard InChI is InChI=1S/C24H25N5O3S/c1-13-12-33-24(25-13)14(2)26-23(31)16-10-18(27-15(3)30)21-19(11-16)28-22(29(21)4)17-8-6-7-9-20(17)32-5/h6-12,14H,1-5H3,(H,26,31)(H,27,30)/t14-/m1/s1. The number of benzene rings is 2. The van der Waals surface area contributed by atoms with Crippen LogP contribution < -0.4 is 15.4 Å². The molecule has 0 saturated carbocycles. The van der Waals surface area contributed by atoms with Crippen molar-refractivity contribution in [2.45, 2.75) is 26.8 Å². The number of carbonyl (C=O) groups is 2. The number of ether oxygens (including phenoxy) is 1. The Morgan fingerprint density at radius 3 is 2.61 bits per heavy atom. The molecule has 2 amide bonds. The molecular formula is C24H25N5O3S. The van der Waals surface area contributed by atoms with Gasteiger partial charge in [-0.3, -0.25) is 9.59 Å². The number of fused-ring (bicyclic) bond motifs is 1. The number of thiazole rings is 1. The molecular weight excluding hydrogens is 438 g/mol. The second kappa shape index (κ2) is 9.03. The summed E-state index contributed by atoms with van der Waals surface area (Å²) in [5, 5.41) is 8.61. The molecule has 9 heteroatoms. The van der Waals surface area contributed by atoms with Gasteiger partial charge in [-0.25, -0.2) is 9.97 Å². The number of methoxy groups -OCH3 is 1. The summed E-state index contributed by atoms with van der Waals surface area (Å²) < 4.78 is 7.39. The van der Waals surface area contributed by atoms with Crippen LogP contribution in [-0.2, 0) is 11.8 Å². The van der Waals surface area contributed by atoms with E-state index >= 15 is 0 Å². The molecule has 4 aromatic rings. The van der Waals surface area contributed by atoms with Gasteiger partial charge in [0.05, 0.1) is 35.4 Å². The fraction of sp³-hybridized carbons (Fsp3) is 0.250. The summed E-state index contributed by atoms with van der Waals surface area (Å²) in [6.45, 7) is 5.25. The van der Waals surface area contributed by atoms with E-state index in [9.17, 15) is 9.59 Å². The van der Waals surface area contributed by atoms with E-state index in [-0.39, 0.29) is 17.9 Å². The van der Waals surface area contributed by atoms with Crippen LogP contribution in [0.3, 0.4) is 0 Å². The molecule has 0 unspecified atom stereocenters. The van der Waals surface area contributed by atoms with Crippen LogP contribution in [0.4, 0.5) is 5.69 Å². The zero-order chi connectivity index (χ0) is 23.7. The average Bonchev–Trinajstić information content (AvgIpc) is 3.36. The fourth-order valence-electron chi connectivity index (χ4n) is 3.75. The minimum atomic E-state index is -0.270. The van der Waals surface area contributed by atoms with Gasteiger partial charge in [0.15, 0.2) is 0 Å². The molecule has 2 heterocycles. The van der Waals surface area contributed by atoms with Gasteiger partial charge in [0.2, 0.25) is 5.91 Å². The Kier molecular flexibility index (Phi) is 6.15. The molecule has 8 nitrogen and oxygen atoms in total. The van der Waals surface area contributed by atoms with Gasteiger partial charge >= 0.3 is 0 Å². The van der Waals surface area contributed by atoms with Crippen molar-refractivity contribution >= 4 is 39.9 Å². The molecule has 33 heavy (non-hydrogen) atoms. The molecule has 1 atom stereocenters. The van der Waals surface area contributed by atoms with Crippen LogP contribution in [-0.4, -0.2) is 33.5 Å². The molecule has 0 aliphatic rings. The molecule has 2 N–H and O–H groups in total. The van der Waals surface area contributed by atoms with Crippen molar-refractivity contribution < 1.29 is 14.3 Å². The van der Waals surface area contributed by atoms with Gasteiger partial charge in [0.25, 0.3) is 5.91 Å². The Morgan fingerprint density at radius 1 is 1.18 bits per heavy atom. The molecule has 0 aliphatic carbocycles. The number of hydrogen-bond donors (Lipinski definition) is 2. The first-order valence-corrected chi connectivity index (χ1v) is 11.3. The summed E-state index contributed by atoms with van der Waals surface area (Å²) in [5.41, 5.74) is 3.95. The number of rotatable bonds is 6. The van der Waals surface area contributed by atoms with Crippen LogP contribution in [0.2, 0.25) is 0 Å².